The summed E-state index contributed by atoms with van der Waals surface area (Å²) in [5, 5.41) is 23.2. The fourth-order valence-corrected chi connectivity index (χ4v) is 4.85. The van der Waals surface area contributed by atoms with Crippen molar-refractivity contribution in [2.45, 2.75) is 13.3 Å². The molecule has 0 spiro atoms. The molecule has 9 heteroatoms. The van der Waals surface area contributed by atoms with Crippen LogP contribution in [0, 0.1) is 11.3 Å². The molecule has 1 N–H and O–H groups in total. The number of thiophene rings is 1. The van der Waals surface area contributed by atoms with Crippen LogP contribution in [0.3, 0.4) is 0 Å². The van der Waals surface area contributed by atoms with Crippen LogP contribution in [0.25, 0.3) is 42.7 Å². The summed E-state index contributed by atoms with van der Waals surface area (Å²) in [6.45, 7) is 2.00. The van der Waals surface area contributed by atoms with Crippen molar-refractivity contribution in [1.82, 2.24) is 29.9 Å². The molecule has 5 rings (SSSR count). The third-order valence-electron chi connectivity index (χ3n) is 5.15. The molecule has 8 nitrogen and oxygen atoms in total. The molecule has 0 unspecified atom stereocenters. The second-order valence-corrected chi connectivity index (χ2v) is 7.80. The molecular formula is C21H15N7OS. The van der Waals surface area contributed by atoms with E-state index in [9.17, 15) is 10.1 Å². The standard InChI is InChI=1S/C21H15N7OS/c1-3-17-13-6-11(4-5-12(13)20(29)27-26-17)15-9-25-28(2)18(15)19-14(7-22)16-8-23-10-24-21(16)30-19/h4-6,8-10H,3H2,1-2H3,(H,27,29). The van der Waals surface area contributed by atoms with E-state index in [4.69, 9.17) is 0 Å². The Morgan fingerprint density at radius 3 is 2.90 bits per heavy atom. The van der Waals surface area contributed by atoms with Gasteiger partial charge in [0.25, 0.3) is 5.56 Å². The lowest BCUT2D eigenvalue weighted by Gasteiger charge is -2.08. The van der Waals surface area contributed by atoms with Gasteiger partial charge in [-0.3, -0.25) is 9.48 Å². The average Bonchev–Trinajstić information content (AvgIpc) is 3.33. The van der Waals surface area contributed by atoms with Crippen molar-refractivity contribution in [2.24, 2.45) is 7.05 Å². The summed E-state index contributed by atoms with van der Waals surface area (Å²) in [5.41, 5.74) is 3.75. The van der Waals surface area contributed by atoms with Crippen LogP contribution in [0.4, 0.5) is 0 Å². The monoisotopic (exact) mass is 413 g/mol. The van der Waals surface area contributed by atoms with Crippen LogP contribution in [0.5, 0.6) is 0 Å². The van der Waals surface area contributed by atoms with E-state index >= 15 is 0 Å². The van der Waals surface area contributed by atoms with E-state index in [1.165, 1.54) is 17.7 Å². The summed E-state index contributed by atoms with van der Waals surface area (Å²) < 4.78 is 1.76. The van der Waals surface area contributed by atoms with Gasteiger partial charge in [-0.25, -0.2) is 15.1 Å². The number of H-pyrrole nitrogens is 1. The van der Waals surface area contributed by atoms with Crippen molar-refractivity contribution in [2.75, 3.05) is 0 Å². The second-order valence-electron chi connectivity index (χ2n) is 6.80. The molecular weight excluding hydrogens is 398 g/mol. The summed E-state index contributed by atoms with van der Waals surface area (Å²) in [5.74, 6) is 0. The lowest BCUT2D eigenvalue weighted by Crippen LogP contribution is -2.10. The fourth-order valence-electron chi connectivity index (χ4n) is 3.69. The zero-order valence-corrected chi connectivity index (χ0v) is 17.0. The Labute approximate surface area is 174 Å². The van der Waals surface area contributed by atoms with Crippen molar-refractivity contribution < 1.29 is 0 Å². The molecule has 0 atom stereocenters. The maximum atomic E-state index is 12.2. The van der Waals surface area contributed by atoms with E-state index in [2.05, 4.69) is 31.3 Å². The summed E-state index contributed by atoms with van der Waals surface area (Å²) in [4.78, 5) is 22.1. The van der Waals surface area contributed by atoms with Gasteiger partial charge in [0.2, 0.25) is 0 Å². The number of aryl methyl sites for hydroxylation is 2. The Balaban J connectivity index is 1.79. The zero-order valence-electron chi connectivity index (χ0n) is 16.2. The van der Waals surface area contributed by atoms with Crippen LogP contribution in [-0.2, 0) is 13.5 Å². The minimum absolute atomic E-state index is 0.213. The van der Waals surface area contributed by atoms with E-state index in [1.54, 1.807) is 17.1 Å². The van der Waals surface area contributed by atoms with Gasteiger partial charge in [0.15, 0.2) is 0 Å². The van der Waals surface area contributed by atoms with E-state index in [0.717, 1.165) is 43.0 Å². The molecule has 0 aliphatic rings. The lowest BCUT2D eigenvalue weighted by atomic mass is 9.99. The van der Waals surface area contributed by atoms with Gasteiger partial charge < -0.3 is 0 Å². The lowest BCUT2D eigenvalue weighted by molar-refractivity contribution is 0.777. The Hall–Kier alpha value is -3.90. The Kier molecular flexibility index (Phi) is 4.15. The number of nitriles is 1. The predicted octanol–water partition coefficient (Wildman–Crippen LogP) is 3.43. The van der Waals surface area contributed by atoms with E-state index in [1.807, 2.05) is 32.2 Å². The maximum absolute atomic E-state index is 12.2. The number of fused-ring (bicyclic) bond motifs is 2. The molecule has 146 valence electrons. The van der Waals surface area contributed by atoms with Gasteiger partial charge in [-0.1, -0.05) is 13.0 Å². The van der Waals surface area contributed by atoms with Gasteiger partial charge in [-0.05, 0) is 24.1 Å². The van der Waals surface area contributed by atoms with Crippen LogP contribution in [0.1, 0.15) is 18.2 Å². The van der Waals surface area contributed by atoms with Gasteiger partial charge in [0.1, 0.15) is 17.2 Å². The Bertz CT molecular complexity index is 1540. The molecule has 0 aliphatic heterocycles. The number of aromatic amines is 1. The summed E-state index contributed by atoms with van der Waals surface area (Å²) in [6, 6.07) is 7.98. The zero-order chi connectivity index (χ0) is 20.8. The van der Waals surface area contributed by atoms with Crippen LogP contribution in [0.2, 0.25) is 0 Å². The van der Waals surface area contributed by atoms with Gasteiger partial charge in [-0.15, -0.1) is 11.3 Å². The Morgan fingerprint density at radius 1 is 1.23 bits per heavy atom. The van der Waals surface area contributed by atoms with Gasteiger partial charge in [-0.2, -0.15) is 15.5 Å². The quantitative estimate of drug-likeness (QED) is 0.485. The first-order chi connectivity index (χ1) is 14.6. The number of aromatic nitrogens is 6. The first-order valence-corrected chi connectivity index (χ1v) is 10.1. The van der Waals surface area contributed by atoms with Gasteiger partial charge in [0.05, 0.1) is 33.4 Å². The number of rotatable bonds is 3. The molecule has 0 bridgehead atoms. The number of hydrogen-bond acceptors (Lipinski definition) is 7. The topological polar surface area (TPSA) is 113 Å². The molecule has 0 saturated carbocycles. The van der Waals surface area contributed by atoms with Crippen molar-refractivity contribution in [3.63, 3.8) is 0 Å². The third-order valence-corrected chi connectivity index (χ3v) is 6.27. The molecule has 0 fully saturated rings. The van der Waals surface area contributed by atoms with Gasteiger partial charge >= 0.3 is 0 Å². The molecule has 0 aliphatic carbocycles. The Morgan fingerprint density at radius 2 is 2.10 bits per heavy atom. The summed E-state index contributed by atoms with van der Waals surface area (Å²) >= 11 is 1.44. The SMILES string of the molecule is CCc1n[nH]c(=O)c2ccc(-c3cnn(C)c3-c3sc4ncncc4c3C#N)cc12. The van der Waals surface area contributed by atoms with Crippen molar-refractivity contribution >= 4 is 32.3 Å². The van der Waals surface area contributed by atoms with Crippen LogP contribution in [-0.4, -0.2) is 29.9 Å². The average molecular weight is 413 g/mol. The number of benzene rings is 1. The summed E-state index contributed by atoms with van der Waals surface area (Å²) in [7, 11) is 1.85. The van der Waals surface area contributed by atoms with Crippen LogP contribution < -0.4 is 5.56 Å². The maximum Gasteiger partial charge on any atom is 0.272 e. The van der Waals surface area contributed by atoms with Crippen molar-refractivity contribution in [3.8, 4) is 27.8 Å². The molecule has 5 aromatic rings. The van der Waals surface area contributed by atoms with E-state index in [0.29, 0.717) is 17.4 Å². The highest BCUT2D eigenvalue weighted by Crippen LogP contribution is 2.41. The van der Waals surface area contributed by atoms with Crippen molar-refractivity contribution in [1.29, 1.82) is 5.26 Å². The molecule has 0 saturated heterocycles. The van der Waals surface area contributed by atoms with Crippen LogP contribution in [0.15, 0.2) is 41.7 Å². The molecule has 30 heavy (non-hydrogen) atoms. The molecule has 4 aromatic heterocycles. The van der Waals surface area contributed by atoms with E-state index < -0.39 is 0 Å². The highest BCUT2D eigenvalue weighted by molar-refractivity contribution is 7.22. The highest BCUT2D eigenvalue weighted by atomic mass is 32.1. The molecule has 0 amide bonds. The predicted molar refractivity (Wildman–Crippen MR) is 115 cm³/mol. The van der Waals surface area contributed by atoms with Crippen LogP contribution >= 0.6 is 11.3 Å². The normalized spacial score (nSPS) is 11.2. The number of nitrogens with zero attached hydrogens (tertiary/aromatic N) is 6. The van der Waals surface area contributed by atoms with Gasteiger partial charge in [0, 0.05) is 29.6 Å². The molecule has 1 aromatic carbocycles. The first-order valence-electron chi connectivity index (χ1n) is 9.29. The van der Waals surface area contributed by atoms with E-state index in [-0.39, 0.29) is 5.56 Å². The second kappa shape index (κ2) is 6.86. The van der Waals surface area contributed by atoms with Crippen molar-refractivity contribution in [3.05, 3.63) is 58.5 Å². The minimum atomic E-state index is -0.213. The molecule has 4 heterocycles. The minimum Gasteiger partial charge on any atom is -0.267 e. The smallest absolute Gasteiger partial charge is 0.267 e. The highest BCUT2D eigenvalue weighted by Gasteiger charge is 2.22. The molecule has 0 radical (unpaired) electrons. The number of nitrogens with one attached hydrogen (secondary N) is 1. The fraction of sp³-hybridized carbons (Fsp3) is 0.143. The third kappa shape index (κ3) is 2.62. The summed E-state index contributed by atoms with van der Waals surface area (Å²) in [6.07, 6.45) is 5.62. The largest absolute Gasteiger partial charge is 0.272 e. The first kappa shape index (κ1) is 18.1. The number of hydrogen-bond donors (Lipinski definition) is 1.